The lowest BCUT2D eigenvalue weighted by Gasteiger charge is -2.17. The number of benzene rings is 1. The third-order valence-electron chi connectivity index (χ3n) is 2.33. The molecule has 0 aliphatic carbocycles. The predicted molar refractivity (Wildman–Crippen MR) is 58.2 cm³/mol. The summed E-state index contributed by atoms with van der Waals surface area (Å²) in [5.41, 5.74) is 0.301. The number of halogens is 1. The minimum Gasteiger partial charge on any atom is -0.485 e. The number of rotatable bonds is 4. The summed E-state index contributed by atoms with van der Waals surface area (Å²) < 4.78 is 18.7. The molecule has 16 heavy (non-hydrogen) atoms. The van der Waals surface area contributed by atoms with Crippen LogP contribution in [-0.4, -0.2) is 23.1 Å². The molecule has 88 valence electrons. The molecule has 1 aromatic rings. The van der Waals surface area contributed by atoms with E-state index in [0.717, 1.165) is 6.07 Å². The fraction of sp³-hybridized carbons (Fsp3) is 0.417. The summed E-state index contributed by atoms with van der Waals surface area (Å²) in [5, 5.41) is 9.21. The molecular formula is C12H15FO3. The SMILES string of the molecule is CC(=O)c1ccc(OC(C)C(C)O)c(F)c1. The topological polar surface area (TPSA) is 46.5 Å². The normalized spacial score (nSPS) is 14.3. The highest BCUT2D eigenvalue weighted by atomic mass is 19.1. The second-order valence-electron chi connectivity index (χ2n) is 3.76. The van der Waals surface area contributed by atoms with Gasteiger partial charge in [0.15, 0.2) is 17.3 Å². The fourth-order valence-corrected chi connectivity index (χ4v) is 1.11. The number of aliphatic hydroxyl groups is 1. The number of Topliss-reactive ketones (excluding diaryl/α,β-unsaturated/α-hetero) is 1. The van der Waals surface area contributed by atoms with Crippen molar-refractivity contribution in [2.24, 2.45) is 0 Å². The Balaban J connectivity index is 2.87. The minimum absolute atomic E-state index is 0.0402. The van der Waals surface area contributed by atoms with Crippen LogP contribution in [0.1, 0.15) is 31.1 Å². The van der Waals surface area contributed by atoms with Gasteiger partial charge >= 0.3 is 0 Å². The Labute approximate surface area is 93.9 Å². The molecule has 0 spiro atoms. The lowest BCUT2D eigenvalue weighted by atomic mass is 10.1. The first-order valence-electron chi connectivity index (χ1n) is 5.07. The third-order valence-corrected chi connectivity index (χ3v) is 2.33. The first kappa shape index (κ1) is 12.6. The maximum absolute atomic E-state index is 13.5. The zero-order valence-corrected chi connectivity index (χ0v) is 9.53. The Hall–Kier alpha value is -1.42. The van der Waals surface area contributed by atoms with Gasteiger partial charge in [0, 0.05) is 5.56 Å². The van der Waals surface area contributed by atoms with Crippen LogP contribution in [0.25, 0.3) is 0 Å². The van der Waals surface area contributed by atoms with Gasteiger partial charge in [-0.1, -0.05) is 0 Å². The van der Waals surface area contributed by atoms with Gasteiger partial charge in [-0.3, -0.25) is 4.79 Å². The zero-order chi connectivity index (χ0) is 12.3. The van der Waals surface area contributed by atoms with Crippen LogP contribution in [0.15, 0.2) is 18.2 Å². The monoisotopic (exact) mass is 226 g/mol. The summed E-state index contributed by atoms with van der Waals surface area (Å²) in [6, 6.07) is 4.02. The van der Waals surface area contributed by atoms with Crippen LogP contribution in [0.3, 0.4) is 0 Å². The van der Waals surface area contributed by atoms with Crippen LogP contribution in [0.4, 0.5) is 4.39 Å². The summed E-state index contributed by atoms with van der Waals surface area (Å²) in [5.74, 6) is -0.757. The number of carbonyl (C=O) groups is 1. The van der Waals surface area contributed by atoms with E-state index in [-0.39, 0.29) is 11.5 Å². The van der Waals surface area contributed by atoms with Crippen molar-refractivity contribution in [2.45, 2.75) is 33.0 Å². The van der Waals surface area contributed by atoms with Crippen LogP contribution < -0.4 is 4.74 Å². The molecule has 1 aromatic carbocycles. The molecule has 0 saturated heterocycles. The largest absolute Gasteiger partial charge is 0.485 e. The highest BCUT2D eigenvalue weighted by Crippen LogP contribution is 2.20. The molecule has 3 nitrogen and oxygen atoms in total. The second-order valence-corrected chi connectivity index (χ2v) is 3.76. The molecule has 1 rings (SSSR count). The summed E-state index contributed by atoms with van der Waals surface area (Å²) in [7, 11) is 0. The van der Waals surface area contributed by atoms with E-state index in [1.165, 1.54) is 19.1 Å². The zero-order valence-electron chi connectivity index (χ0n) is 9.53. The highest BCUT2D eigenvalue weighted by molar-refractivity contribution is 5.94. The van der Waals surface area contributed by atoms with Crippen molar-refractivity contribution in [3.05, 3.63) is 29.6 Å². The van der Waals surface area contributed by atoms with E-state index in [1.54, 1.807) is 13.8 Å². The van der Waals surface area contributed by atoms with E-state index in [2.05, 4.69) is 0 Å². The maximum atomic E-state index is 13.5. The average Bonchev–Trinajstić information content (AvgIpc) is 2.20. The van der Waals surface area contributed by atoms with Gasteiger partial charge < -0.3 is 9.84 Å². The molecule has 2 atom stereocenters. The average molecular weight is 226 g/mol. The summed E-state index contributed by atoms with van der Waals surface area (Å²) >= 11 is 0. The number of aliphatic hydroxyl groups excluding tert-OH is 1. The van der Waals surface area contributed by atoms with Crippen molar-refractivity contribution in [2.75, 3.05) is 0 Å². The molecule has 0 aromatic heterocycles. The van der Waals surface area contributed by atoms with Crippen LogP contribution >= 0.6 is 0 Å². The Kier molecular flexibility index (Phi) is 4.01. The van der Waals surface area contributed by atoms with Crippen molar-refractivity contribution in [1.82, 2.24) is 0 Å². The minimum atomic E-state index is -0.688. The number of hydrogen-bond acceptors (Lipinski definition) is 3. The van der Waals surface area contributed by atoms with Gasteiger partial charge in [0.05, 0.1) is 6.10 Å². The molecule has 1 N–H and O–H groups in total. The molecule has 0 heterocycles. The van der Waals surface area contributed by atoms with E-state index < -0.39 is 18.0 Å². The summed E-state index contributed by atoms with van der Waals surface area (Å²) in [6.45, 7) is 4.57. The first-order valence-corrected chi connectivity index (χ1v) is 5.07. The van der Waals surface area contributed by atoms with Crippen LogP contribution in [0.5, 0.6) is 5.75 Å². The summed E-state index contributed by atoms with van der Waals surface area (Å²) in [4.78, 5) is 11.0. The molecule has 0 bridgehead atoms. The first-order chi connectivity index (χ1) is 7.41. The van der Waals surface area contributed by atoms with Crippen LogP contribution in [0, 0.1) is 5.82 Å². The lowest BCUT2D eigenvalue weighted by molar-refractivity contribution is 0.0578. The quantitative estimate of drug-likeness (QED) is 0.800. The molecule has 0 radical (unpaired) electrons. The van der Waals surface area contributed by atoms with E-state index in [1.807, 2.05) is 0 Å². The Morgan fingerprint density at radius 3 is 2.50 bits per heavy atom. The third kappa shape index (κ3) is 3.03. The predicted octanol–water partition coefficient (Wildman–Crippen LogP) is 2.18. The second kappa shape index (κ2) is 5.07. The van der Waals surface area contributed by atoms with Gasteiger partial charge in [0.2, 0.25) is 0 Å². The van der Waals surface area contributed by atoms with Crippen molar-refractivity contribution < 1.29 is 19.0 Å². The fourth-order valence-electron chi connectivity index (χ4n) is 1.11. The van der Waals surface area contributed by atoms with Gasteiger partial charge in [-0.15, -0.1) is 0 Å². The van der Waals surface area contributed by atoms with Gasteiger partial charge in [-0.2, -0.15) is 0 Å². The molecule has 0 aliphatic rings. The molecule has 0 fully saturated rings. The van der Waals surface area contributed by atoms with Crippen LogP contribution in [0.2, 0.25) is 0 Å². The molecule has 4 heteroatoms. The van der Waals surface area contributed by atoms with Gasteiger partial charge in [-0.05, 0) is 39.0 Å². The van der Waals surface area contributed by atoms with Gasteiger partial charge in [0.25, 0.3) is 0 Å². The Morgan fingerprint density at radius 2 is 2.06 bits per heavy atom. The molecule has 0 amide bonds. The Bertz CT molecular complexity index is 388. The molecule has 0 saturated carbocycles. The van der Waals surface area contributed by atoms with Gasteiger partial charge in [0.1, 0.15) is 6.10 Å². The Morgan fingerprint density at radius 1 is 1.44 bits per heavy atom. The number of hydrogen-bond donors (Lipinski definition) is 1. The number of carbonyl (C=O) groups excluding carboxylic acids is 1. The lowest BCUT2D eigenvalue weighted by Crippen LogP contribution is -2.26. The highest BCUT2D eigenvalue weighted by Gasteiger charge is 2.14. The van der Waals surface area contributed by atoms with Gasteiger partial charge in [-0.25, -0.2) is 4.39 Å². The number of ketones is 1. The van der Waals surface area contributed by atoms with E-state index in [9.17, 15) is 14.3 Å². The standard InChI is InChI=1S/C12H15FO3/c1-7(14)9(3)16-12-5-4-10(8(2)15)6-11(12)13/h4-7,9,14H,1-3H3. The van der Waals surface area contributed by atoms with E-state index in [4.69, 9.17) is 4.74 Å². The molecule has 2 unspecified atom stereocenters. The van der Waals surface area contributed by atoms with Crippen molar-refractivity contribution >= 4 is 5.78 Å². The van der Waals surface area contributed by atoms with E-state index in [0.29, 0.717) is 5.56 Å². The van der Waals surface area contributed by atoms with Crippen molar-refractivity contribution in [1.29, 1.82) is 0 Å². The van der Waals surface area contributed by atoms with Crippen LogP contribution in [-0.2, 0) is 0 Å². The smallest absolute Gasteiger partial charge is 0.165 e. The maximum Gasteiger partial charge on any atom is 0.165 e. The van der Waals surface area contributed by atoms with E-state index >= 15 is 0 Å². The van der Waals surface area contributed by atoms with Crippen molar-refractivity contribution in [3.8, 4) is 5.75 Å². The molecular weight excluding hydrogens is 211 g/mol. The van der Waals surface area contributed by atoms with Crippen molar-refractivity contribution in [3.63, 3.8) is 0 Å². The molecule has 0 aliphatic heterocycles. The summed E-state index contributed by atoms with van der Waals surface area (Å²) in [6.07, 6.45) is -1.19. The number of ether oxygens (including phenoxy) is 1.